The van der Waals surface area contributed by atoms with E-state index in [0.29, 0.717) is 49.0 Å². The van der Waals surface area contributed by atoms with E-state index < -0.39 is 11.6 Å². The van der Waals surface area contributed by atoms with Gasteiger partial charge in [0.25, 0.3) is 5.91 Å². The second-order valence-corrected chi connectivity index (χ2v) is 11.8. The molecule has 0 fully saturated rings. The summed E-state index contributed by atoms with van der Waals surface area (Å²) in [5.74, 6) is 2.12. The van der Waals surface area contributed by atoms with Crippen molar-refractivity contribution in [3.8, 4) is 17.2 Å². The van der Waals surface area contributed by atoms with Gasteiger partial charge in [0.2, 0.25) is 5.90 Å². The van der Waals surface area contributed by atoms with Crippen LogP contribution in [0.25, 0.3) is 0 Å². The van der Waals surface area contributed by atoms with Crippen molar-refractivity contribution in [2.24, 2.45) is 4.99 Å². The summed E-state index contributed by atoms with van der Waals surface area (Å²) in [7, 11) is 3.25. The van der Waals surface area contributed by atoms with Gasteiger partial charge in [-0.05, 0) is 83.8 Å². The second-order valence-electron chi connectivity index (χ2n) is 10.9. The zero-order valence-electron chi connectivity index (χ0n) is 25.9. The number of carbonyl (C=O) groups is 1. The van der Waals surface area contributed by atoms with Crippen LogP contribution in [0.1, 0.15) is 34.8 Å². The van der Waals surface area contributed by atoms with Gasteiger partial charge in [-0.3, -0.25) is 10.2 Å². The van der Waals surface area contributed by atoms with E-state index in [2.05, 4.69) is 26.8 Å². The topological polar surface area (TPSA) is 111 Å². The van der Waals surface area contributed by atoms with Crippen LogP contribution in [0.15, 0.2) is 107 Å². The quantitative estimate of drug-likeness (QED) is 0.110. The van der Waals surface area contributed by atoms with Crippen LogP contribution in [0.3, 0.4) is 0 Å². The molecule has 10 heteroatoms. The van der Waals surface area contributed by atoms with E-state index in [1.165, 1.54) is 0 Å². The predicted octanol–water partition coefficient (Wildman–Crippen LogP) is 5.59. The Morgan fingerprint density at radius 1 is 0.913 bits per heavy atom. The van der Waals surface area contributed by atoms with Crippen molar-refractivity contribution in [1.29, 1.82) is 0 Å². The van der Waals surface area contributed by atoms with Gasteiger partial charge in [-0.25, -0.2) is 10.4 Å². The van der Waals surface area contributed by atoms with Gasteiger partial charge >= 0.3 is 0 Å². The van der Waals surface area contributed by atoms with E-state index in [1.54, 1.807) is 14.2 Å². The number of hydrogen-bond donors (Lipinski definition) is 3. The zero-order valence-corrected chi connectivity index (χ0v) is 27.5. The third-order valence-corrected chi connectivity index (χ3v) is 8.22. The highest BCUT2D eigenvalue weighted by molar-refractivity contribution is 9.10. The number of aliphatic hydroxyl groups is 1. The molecule has 4 aromatic carbocycles. The number of hydrazine groups is 1. The number of carbonyl (C=O) groups excluding carboxylic acids is 1. The van der Waals surface area contributed by atoms with E-state index in [9.17, 15) is 4.79 Å². The summed E-state index contributed by atoms with van der Waals surface area (Å²) in [4.78, 5) is 19.5. The number of nitrogens with one attached hydrogen (secondary N) is 2. The minimum Gasteiger partial charge on any atom is -0.497 e. The molecule has 0 aromatic heterocycles. The number of aliphatic hydroxyl groups excluding tert-OH is 1. The molecule has 1 heterocycles. The molecule has 1 aliphatic rings. The van der Waals surface area contributed by atoms with Gasteiger partial charge in [-0.1, -0.05) is 52.3 Å². The fourth-order valence-corrected chi connectivity index (χ4v) is 5.55. The molecule has 1 amide bonds. The molecule has 240 valence electrons. The van der Waals surface area contributed by atoms with Crippen LogP contribution in [0.5, 0.6) is 17.2 Å². The van der Waals surface area contributed by atoms with Gasteiger partial charge in [-0.15, -0.1) is 0 Å². The molecule has 5 rings (SSSR count). The number of benzene rings is 4. The first-order chi connectivity index (χ1) is 22.4. The minimum absolute atomic E-state index is 0.0623. The number of nitrogens with zero attached hydrogens (tertiary/aromatic N) is 1. The maximum atomic E-state index is 14.4. The number of rotatable bonds is 15. The molecule has 0 radical (unpaired) electrons. The van der Waals surface area contributed by atoms with Crippen molar-refractivity contribution >= 4 is 27.7 Å². The molecule has 0 unspecified atom stereocenters. The Hall–Kier alpha value is -4.38. The van der Waals surface area contributed by atoms with E-state index in [0.717, 1.165) is 26.9 Å². The Morgan fingerprint density at radius 3 is 2.35 bits per heavy atom. The summed E-state index contributed by atoms with van der Waals surface area (Å²) in [6.07, 6.45) is 0.731. The Morgan fingerprint density at radius 2 is 1.63 bits per heavy atom. The molecule has 1 aliphatic heterocycles. The Bertz CT molecular complexity index is 1630. The summed E-state index contributed by atoms with van der Waals surface area (Å²) >= 11 is 3.52. The number of methoxy groups -OCH3 is 2. The molecule has 0 aliphatic carbocycles. The van der Waals surface area contributed by atoms with Crippen LogP contribution >= 0.6 is 15.9 Å². The summed E-state index contributed by atoms with van der Waals surface area (Å²) in [5, 5.41) is 9.07. The highest BCUT2D eigenvalue weighted by atomic mass is 79.9. The van der Waals surface area contributed by atoms with Gasteiger partial charge in [0.1, 0.15) is 17.2 Å². The van der Waals surface area contributed by atoms with Crippen LogP contribution in [0.2, 0.25) is 0 Å². The summed E-state index contributed by atoms with van der Waals surface area (Å²) in [6.45, 7) is 0.964. The zero-order chi connectivity index (χ0) is 32.4. The molecule has 0 saturated heterocycles. The SMILES string of the molecule is COc1cccc(CCNNC(=O)[C@@]2(Cc3ccc(Br)cc3)N=C(c3ccc(OCCCO)cc3)O[C@H]2c2cccc(OC)c2)c1. The normalized spacial score (nSPS) is 17.1. The lowest BCUT2D eigenvalue weighted by atomic mass is 9.82. The van der Waals surface area contributed by atoms with Crippen molar-refractivity contribution in [1.82, 2.24) is 10.9 Å². The summed E-state index contributed by atoms with van der Waals surface area (Å²) in [5.41, 5.74) is 8.16. The highest BCUT2D eigenvalue weighted by Gasteiger charge is 2.53. The lowest BCUT2D eigenvalue weighted by Crippen LogP contribution is -2.54. The van der Waals surface area contributed by atoms with Gasteiger partial charge in [0.15, 0.2) is 11.6 Å². The average Bonchev–Trinajstić information content (AvgIpc) is 3.48. The first-order valence-corrected chi connectivity index (χ1v) is 15.9. The Balaban J connectivity index is 1.47. The first kappa shape index (κ1) is 33.0. The highest BCUT2D eigenvalue weighted by Crippen LogP contribution is 2.43. The molecule has 0 spiro atoms. The molecular weight excluding hydrogens is 650 g/mol. The molecule has 0 saturated carbocycles. The van der Waals surface area contributed by atoms with Gasteiger partial charge in [-0.2, -0.15) is 0 Å². The third kappa shape index (κ3) is 8.06. The first-order valence-electron chi connectivity index (χ1n) is 15.1. The van der Waals surface area contributed by atoms with E-state index in [4.69, 9.17) is 29.0 Å². The Kier molecular flexibility index (Phi) is 11.3. The predicted molar refractivity (Wildman–Crippen MR) is 180 cm³/mol. The smallest absolute Gasteiger partial charge is 0.266 e. The van der Waals surface area contributed by atoms with Crippen LogP contribution in [-0.2, 0) is 22.4 Å². The lowest BCUT2D eigenvalue weighted by Gasteiger charge is -2.31. The molecule has 4 aromatic rings. The molecule has 3 N–H and O–H groups in total. The largest absolute Gasteiger partial charge is 0.497 e. The fourth-order valence-electron chi connectivity index (χ4n) is 5.29. The number of amides is 1. The number of ether oxygens (including phenoxy) is 4. The molecule has 46 heavy (non-hydrogen) atoms. The van der Waals surface area contributed by atoms with Crippen molar-refractivity contribution in [3.63, 3.8) is 0 Å². The van der Waals surface area contributed by atoms with Crippen LogP contribution < -0.4 is 25.1 Å². The number of hydrogen-bond acceptors (Lipinski definition) is 8. The summed E-state index contributed by atoms with van der Waals surface area (Å²) in [6, 6.07) is 30.6. The maximum Gasteiger partial charge on any atom is 0.266 e. The summed E-state index contributed by atoms with van der Waals surface area (Å²) < 4.78 is 24.1. The van der Waals surface area contributed by atoms with E-state index >= 15 is 0 Å². The number of aliphatic imine (C=N–C) groups is 1. The van der Waals surface area contributed by atoms with Gasteiger partial charge in [0, 0.05) is 36.0 Å². The van der Waals surface area contributed by atoms with Crippen LogP contribution in [0.4, 0.5) is 0 Å². The van der Waals surface area contributed by atoms with E-state index in [1.807, 2.05) is 97.1 Å². The average molecular weight is 689 g/mol. The van der Waals surface area contributed by atoms with Crippen LogP contribution in [0, 0.1) is 0 Å². The second kappa shape index (κ2) is 15.8. The van der Waals surface area contributed by atoms with Gasteiger partial charge < -0.3 is 24.1 Å². The minimum atomic E-state index is -1.37. The maximum absolute atomic E-state index is 14.4. The van der Waals surface area contributed by atoms with Crippen molar-refractivity contribution < 1.29 is 28.8 Å². The molecule has 0 bridgehead atoms. The van der Waals surface area contributed by atoms with Crippen LogP contribution in [-0.4, -0.2) is 56.4 Å². The van der Waals surface area contributed by atoms with Gasteiger partial charge in [0.05, 0.1) is 20.8 Å². The van der Waals surface area contributed by atoms with E-state index in [-0.39, 0.29) is 18.9 Å². The fraction of sp³-hybridized carbons (Fsp3) is 0.278. The van der Waals surface area contributed by atoms with Crippen molar-refractivity contribution in [2.45, 2.75) is 30.9 Å². The number of halogens is 1. The monoisotopic (exact) mass is 687 g/mol. The molecule has 2 atom stereocenters. The van der Waals surface area contributed by atoms with Crippen molar-refractivity contribution in [3.05, 3.63) is 124 Å². The molecule has 9 nitrogen and oxygen atoms in total. The van der Waals surface area contributed by atoms with Crippen molar-refractivity contribution in [2.75, 3.05) is 34.0 Å². The molecular formula is C36H38BrN3O6. The Labute approximate surface area is 277 Å². The lowest BCUT2D eigenvalue weighted by molar-refractivity contribution is -0.130. The third-order valence-electron chi connectivity index (χ3n) is 7.69. The standard InChI is InChI=1S/C36H38BrN3O6/c1-43-31-8-3-6-25(22-31)18-19-38-40-35(42)36(24-26-10-14-29(37)15-11-26)33(28-7-4-9-32(23-28)44-2)46-34(39-36)27-12-16-30(17-13-27)45-21-5-20-41/h3-4,6-17,22-23,33,38,41H,5,18-21,24H2,1-2H3,(H,40,42)/t33-,36-/m0/s1.